The van der Waals surface area contributed by atoms with Crippen LogP contribution in [0.4, 0.5) is 4.39 Å². The van der Waals surface area contributed by atoms with Gasteiger partial charge in [-0.15, -0.1) is 0 Å². The quantitative estimate of drug-likeness (QED) is 0.447. The summed E-state index contributed by atoms with van der Waals surface area (Å²) in [6.07, 6.45) is 10.5. The number of rotatable bonds is 5. The van der Waals surface area contributed by atoms with Crippen LogP contribution in [-0.2, 0) is 6.42 Å². The maximum atomic E-state index is 13.3. The minimum absolute atomic E-state index is 0.0898. The second-order valence-corrected chi connectivity index (χ2v) is 7.98. The van der Waals surface area contributed by atoms with Gasteiger partial charge in [-0.1, -0.05) is 24.3 Å². The number of benzene rings is 2. The van der Waals surface area contributed by atoms with E-state index in [0.717, 1.165) is 53.3 Å². The molecule has 1 aliphatic heterocycles. The van der Waals surface area contributed by atoms with E-state index >= 15 is 0 Å². The van der Waals surface area contributed by atoms with Crippen LogP contribution in [0.25, 0.3) is 17.8 Å². The highest BCUT2D eigenvalue weighted by Crippen LogP contribution is 2.30. The lowest BCUT2D eigenvalue weighted by Crippen LogP contribution is -2.20. The topological polar surface area (TPSA) is 57.8 Å². The minimum Gasteiger partial charge on any atom is -0.495 e. The Morgan fingerprint density at radius 3 is 2.72 bits per heavy atom. The van der Waals surface area contributed by atoms with Crippen molar-refractivity contribution in [2.75, 3.05) is 7.11 Å². The number of ether oxygens (including phenoxy) is 1. The standard InChI is InChI=1S/C25H24FN5O/c1-17-15-30(16-27-17)22-12-6-18(14-23(22)32-2)7-13-24-28-25-5-3-4-21(31(25)29-24)19-8-10-20(26)11-9-19/h6-16,21H,3-5H2,1-2H3/b13-7+/t21-/m0/s1. The maximum absolute atomic E-state index is 13.3. The van der Waals surface area contributed by atoms with Crippen molar-refractivity contribution in [2.45, 2.75) is 32.2 Å². The molecule has 32 heavy (non-hydrogen) atoms. The molecule has 0 N–H and O–H groups in total. The average Bonchev–Trinajstić information content (AvgIpc) is 3.43. The van der Waals surface area contributed by atoms with E-state index in [4.69, 9.17) is 14.8 Å². The van der Waals surface area contributed by atoms with Crippen molar-refractivity contribution in [2.24, 2.45) is 0 Å². The normalized spacial score (nSPS) is 15.8. The van der Waals surface area contributed by atoms with Gasteiger partial charge in [0.1, 0.15) is 17.4 Å². The van der Waals surface area contributed by atoms with E-state index in [0.29, 0.717) is 5.82 Å². The molecule has 4 aromatic rings. The van der Waals surface area contributed by atoms with Crippen LogP contribution in [0.3, 0.4) is 0 Å². The summed E-state index contributed by atoms with van der Waals surface area (Å²) in [6, 6.07) is 12.8. The lowest BCUT2D eigenvalue weighted by atomic mass is 9.98. The van der Waals surface area contributed by atoms with E-state index in [1.165, 1.54) is 12.1 Å². The third kappa shape index (κ3) is 3.93. The molecule has 162 valence electrons. The Hall–Kier alpha value is -3.74. The van der Waals surface area contributed by atoms with Gasteiger partial charge in [0.15, 0.2) is 5.82 Å². The lowest BCUT2D eigenvalue weighted by Gasteiger charge is -2.23. The molecule has 5 rings (SSSR count). The Kier molecular flexibility index (Phi) is 5.31. The van der Waals surface area contributed by atoms with Crippen molar-refractivity contribution in [3.8, 4) is 11.4 Å². The summed E-state index contributed by atoms with van der Waals surface area (Å²) in [5.74, 6) is 2.17. The summed E-state index contributed by atoms with van der Waals surface area (Å²) in [7, 11) is 1.66. The zero-order valence-electron chi connectivity index (χ0n) is 18.1. The van der Waals surface area contributed by atoms with Crippen LogP contribution < -0.4 is 4.74 Å². The summed E-state index contributed by atoms with van der Waals surface area (Å²) < 4.78 is 22.9. The first-order valence-corrected chi connectivity index (χ1v) is 10.7. The molecule has 2 aromatic carbocycles. The molecule has 0 saturated heterocycles. The van der Waals surface area contributed by atoms with E-state index in [1.807, 2.05) is 64.9 Å². The highest BCUT2D eigenvalue weighted by Gasteiger charge is 2.24. The van der Waals surface area contributed by atoms with Crippen LogP contribution in [-0.4, -0.2) is 31.4 Å². The van der Waals surface area contributed by atoms with Crippen LogP contribution >= 0.6 is 0 Å². The Morgan fingerprint density at radius 1 is 1.12 bits per heavy atom. The van der Waals surface area contributed by atoms with Gasteiger partial charge in [0, 0.05) is 12.6 Å². The molecule has 1 aliphatic rings. The molecule has 0 unspecified atom stereocenters. The van der Waals surface area contributed by atoms with Gasteiger partial charge in [0.25, 0.3) is 0 Å². The van der Waals surface area contributed by atoms with Gasteiger partial charge in [-0.3, -0.25) is 0 Å². The Balaban J connectivity index is 1.40. The zero-order valence-corrected chi connectivity index (χ0v) is 18.1. The highest BCUT2D eigenvalue weighted by molar-refractivity contribution is 5.69. The molecule has 0 fully saturated rings. The molecule has 0 saturated carbocycles. The fraction of sp³-hybridized carbons (Fsp3) is 0.240. The average molecular weight is 429 g/mol. The highest BCUT2D eigenvalue weighted by atomic mass is 19.1. The van der Waals surface area contributed by atoms with Gasteiger partial charge in [0.05, 0.1) is 30.9 Å². The summed E-state index contributed by atoms with van der Waals surface area (Å²) >= 11 is 0. The van der Waals surface area contributed by atoms with Gasteiger partial charge < -0.3 is 9.30 Å². The molecule has 0 spiro atoms. The van der Waals surface area contributed by atoms with Crippen molar-refractivity contribution in [3.05, 3.63) is 89.3 Å². The zero-order chi connectivity index (χ0) is 22.1. The molecular formula is C25H24FN5O. The molecule has 1 atom stereocenters. The van der Waals surface area contributed by atoms with E-state index in [1.54, 1.807) is 13.4 Å². The first-order chi connectivity index (χ1) is 15.6. The summed E-state index contributed by atoms with van der Waals surface area (Å²) in [5.41, 5.74) is 3.93. The third-order valence-electron chi connectivity index (χ3n) is 5.76. The Morgan fingerprint density at radius 2 is 1.97 bits per heavy atom. The van der Waals surface area contributed by atoms with Crippen molar-refractivity contribution in [1.29, 1.82) is 0 Å². The number of hydrogen-bond donors (Lipinski definition) is 0. The van der Waals surface area contributed by atoms with E-state index in [-0.39, 0.29) is 11.9 Å². The number of fused-ring (bicyclic) bond motifs is 1. The van der Waals surface area contributed by atoms with Crippen molar-refractivity contribution < 1.29 is 9.13 Å². The smallest absolute Gasteiger partial charge is 0.174 e. The van der Waals surface area contributed by atoms with Crippen molar-refractivity contribution >= 4 is 12.2 Å². The number of hydrogen-bond acceptors (Lipinski definition) is 4. The second kappa shape index (κ2) is 8.42. The predicted octanol–water partition coefficient (Wildman–Crippen LogP) is 5.02. The fourth-order valence-electron chi connectivity index (χ4n) is 4.17. The van der Waals surface area contributed by atoms with Crippen LogP contribution in [0.2, 0.25) is 0 Å². The molecular weight excluding hydrogens is 405 g/mol. The third-order valence-corrected chi connectivity index (χ3v) is 5.76. The van der Waals surface area contributed by atoms with Crippen LogP contribution in [0, 0.1) is 12.7 Å². The largest absolute Gasteiger partial charge is 0.495 e. The number of imidazole rings is 1. The van der Waals surface area contributed by atoms with E-state index in [9.17, 15) is 4.39 Å². The number of halogens is 1. The summed E-state index contributed by atoms with van der Waals surface area (Å²) in [6.45, 7) is 1.96. The van der Waals surface area contributed by atoms with E-state index in [2.05, 4.69) is 4.98 Å². The number of aromatic nitrogens is 5. The van der Waals surface area contributed by atoms with Crippen molar-refractivity contribution in [1.82, 2.24) is 24.3 Å². The Labute approximate surface area is 186 Å². The minimum atomic E-state index is -0.225. The van der Waals surface area contributed by atoms with Gasteiger partial charge in [-0.05, 0) is 61.2 Å². The molecule has 7 heteroatoms. The molecule has 6 nitrogen and oxygen atoms in total. The lowest BCUT2D eigenvalue weighted by molar-refractivity contribution is 0.411. The Bertz CT molecular complexity index is 1270. The first kappa shape index (κ1) is 20.2. The molecule has 0 amide bonds. The SMILES string of the molecule is COc1cc(/C=C/c2nc3n(n2)[C@H](c2ccc(F)cc2)CCC3)ccc1-n1cnc(C)c1. The maximum Gasteiger partial charge on any atom is 0.174 e. The van der Waals surface area contributed by atoms with Gasteiger partial charge in [0.2, 0.25) is 0 Å². The van der Waals surface area contributed by atoms with Crippen LogP contribution in [0.5, 0.6) is 5.75 Å². The van der Waals surface area contributed by atoms with Crippen LogP contribution in [0.15, 0.2) is 55.0 Å². The second-order valence-electron chi connectivity index (χ2n) is 7.98. The molecule has 0 bridgehead atoms. The van der Waals surface area contributed by atoms with Gasteiger partial charge in [-0.2, -0.15) is 5.10 Å². The summed E-state index contributed by atoms with van der Waals surface area (Å²) in [5, 5.41) is 4.74. The molecule has 0 radical (unpaired) electrons. The molecule has 2 aromatic heterocycles. The van der Waals surface area contributed by atoms with E-state index < -0.39 is 0 Å². The first-order valence-electron chi connectivity index (χ1n) is 10.7. The molecule has 0 aliphatic carbocycles. The predicted molar refractivity (Wildman–Crippen MR) is 121 cm³/mol. The fourth-order valence-corrected chi connectivity index (χ4v) is 4.17. The van der Waals surface area contributed by atoms with Crippen molar-refractivity contribution in [3.63, 3.8) is 0 Å². The summed E-state index contributed by atoms with van der Waals surface area (Å²) in [4.78, 5) is 9.00. The molecule has 3 heterocycles. The monoisotopic (exact) mass is 429 g/mol. The van der Waals surface area contributed by atoms with Crippen LogP contribution in [0.1, 0.15) is 47.4 Å². The number of aryl methyl sites for hydroxylation is 2. The van der Waals surface area contributed by atoms with Gasteiger partial charge >= 0.3 is 0 Å². The number of nitrogens with zero attached hydrogens (tertiary/aromatic N) is 5. The van der Waals surface area contributed by atoms with Gasteiger partial charge in [-0.25, -0.2) is 19.0 Å². The number of methoxy groups -OCH3 is 1.